The first-order valence-electron chi connectivity index (χ1n) is 11.1. The van der Waals surface area contributed by atoms with Gasteiger partial charge in [-0.05, 0) is 45.7 Å². The molecule has 7 nitrogen and oxygen atoms in total. The molecule has 1 aromatic carbocycles. The zero-order chi connectivity index (χ0) is 22.8. The fourth-order valence-corrected chi connectivity index (χ4v) is 4.83. The summed E-state index contributed by atoms with van der Waals surface area (Å²) in [6.45, 7) is 13.1. The first kappa shape index (κ1) is 23.5. The van der Waals surface area contributed by atoms with E-state index < -0.39 is 0 Å². The summed E-state index contributed by atoms with van der Waals surface area (Å²) in [5.74, 6) is 0.957. The van der Waals surface area contributed by atoms with E-state index in [4.69, 9.17) is 16.9 Å². The number of nitrogens with one attached hydrogen (secondary N) is 2. The maximum atomic E-state index is 12.4. The quantitative estimate of drug-likeness (QED) is 0.751. The summed E-state index contributed by atoms with van der Waals surface area (Å²) in [5, 5.41) is 12.7. The molecule has 2 atom stereocenters. The molecule has 1 amide bonds. The highest BCUT2D eigenvalue weighted by Crippen LogP contribution is 2.31. The van der Waals surface area contributed by atoms with Crippen LogP contribution >= 0.6 is 11.6 Å². The predicted molar refractivity (Wildman–Crippen MR) is 124 cm³/mol. The van der Waals surface area contributed by atoms with Gasteiger partial charge in [0.25, 0.3) is 0 Å². The van der Waals surface area contributed by atoms with Crippen LogP contribution < -0.4 is 5.32 Å². The van der Waals surface area contributed by atoms with E-state index in [0.717, 1.165) is 37.3 Å². The van der Waals surface area contributed by atoms with Crippen molar-refractivity contribution in [3.05, 3.63) is 28.5 Å². The van der Waals surface area contributed by atoms with E-state index in [9.17, 15) is 4.79 Å². The number of carbonyl (C=O) groups is 1. The summed E-state index contributed by atoms with van der Waals surface area (Å²) in [6.07, 6.45) is 2.25. The highest BCUT2D eigenvalue weighted by Gasteiger charge is 2.40. The van der Waals surface area contributed by atoms with Crippen molar-refractivity contribution in [1.29, 1.82) is 5.26 Å². The summed E-state index contributed by atoms with van der Waals surface area (Å²) in [7, 11) is 0. The average molecular weight is 445 g/mol. The molecule has 0 aliphatic carbocycles. The first-order valence-corrected chi connectivity index (χ1v) is 11.5. The zero-order valence-electron chi connectivity index (χ0n) is 19.1. The molecule has 2 saturated heterocycles. The Labute approximate surface area is 189 Å². The number of aromatic amines is 1. The molecule has 3 heterocycles. The van der Waals surface area contributed by atoms with Crippen LogP contribution in [-0.2, 0) is 11.3 Å². The molecule has 2 aliphatic heterocycles. The topological polar surface area (TPSA) is 88.1 Å². The Kier molecular flexibility index (Phi) is 7.25. The number of benzene rings is 1. The summed E-state index contributed by atoms with van der Waals surface area (Å²) in [5.41, 5.74) is 1.83. The number of imidazole rings is 1. The summed E-state index contributed by atoms with van der Waals surface area (Å²) >= 11 is 6.27. The maximum Gasteiger partial charge on any atom is 0.234 e. The molecule has 0 radical (unpaired) electrons. The van der Waals surface area contributed by atoms with Crippen molar-refractivity contribution >= 4 is 28.5 Å². The number of hydrogen-bond acceptors (Lipinski definition) is 5. The third-order valence-corrected chi connectivity index (χ3v) is 5.93. The molecule has 2 N–H and O–H groups in total. The van der Waals surface area contributed by atoms with Gasteiger partial charge in [0, 0.05) is 30.7 Å². The standard InChI is InChI=1S/C21H27ClN6O.C2H6/c1-21(2,3)26-19(29)12-28-14-4-5-15(28)10-27(9-14)11-18-24-17-7-13(8-23)6-16(22)20(17)25-18;1-2/h6-7,14-15H,4-5,9-12H2,1-3H3,(H,24,25)(H,26,29);1-2H3. The molecule has 1 aromatic heterocycles. The van der Waals surface area contributed by atoms with Crippen molar-refractivity contribution in [2.75, 3.05) is 19.6 Å². The van der Waals surface area contributed by atoms with Gasteiger partial charge in [0.2, 0.25) is 5.91 Å². The maximum absolute atomic E-state index is 12.4. The van der Waals surface area contributed by atoms with Gasteiger partial charge >= 0.3 is 0 Å². The number of hydrogen-bond donors (Lipinski definition) is 2. The summed E-state index contributed by atoms with van der Waals surface area (Å²) in [4.78, 5) is 25.1. The molecular weight excluding hydrogens is 412 g/mol. The number of nitriles is 1. The Morgan fingerprint density at radius 1 is 1.29 bits per heavy atom. The molecule has 2 aromatic rings. The van der Waals surface area contributed by atoms with E-state index in [1.165, 1.54) is 0 Å². The molecule has 2 aliphatic rings. The second-order valence-electron chi connectivity index (χ2n) is 9.20. The largest absolute Gasteiger partial charge is 0.350 e. The smallest absolute Gasteiger partial charge is 0.234 e. The lowest BCUT2D eigenvalue weighted by molar-refractivity contribution is -0.125. The molecule has 31 heavy (non-hydrogen) atoms. The number of piperazine rings is 1. The monoisotopic (exact) mass is 444 g/mol. The second-order valence-corrected chi connectivity index (χ2v) is 9.61. The zero-order valence-corrected chi connectivity index (χ0v) is 19.9. The van der Waals surface area contributed by atoms with Gasteiger partial charge in [-0.25, -0.2) is 4.98 Å². The van der Waals surface area contributed by atoms with Crippen LogP contribution in [0.2, 0.25) is 5.02 Å². The van der Waals surface area contributed by atoms with Crippen LogP contribution in [0.3, 0.4) is 0 Å². The number of amides is 1. The van der Waals surface area contributed by atoms with Gasteiger partial charge in [-0.2, -0.15) is 5.26 Å². The normalized spacial score (nSPS) is 21.5. The number of halogens is 1. The Balaban J connectivity index is 0.00000132. The van der Waals surface area contributed by atoms with E-state index in [2.05, 4.69) is 31.2 Å². The minimum absolute atomic E-state index is 0.100. The lowest BCUT2D eigenvalue weighted by atomic mass is 10.1. The van der Waals surface area contributed by atoms with Crippen molar-refractivity contribution in [1.82, 2.24) is 25.1 Å². The highest BCUT2D eigenvalue weighted by atomic mass is 35.5. The number of carbonyl (C=O) groups excluding carboxylic acids is 1. The van der Waals surface area contributed by atoms with E-state index in [1.54, 1.807) is 12.1 Å². The SMILES string of the molecule is CC.CC(C)(C)NC(=O)CN1C2CCC1CN(Cc1nc3c(Cl)cc(C#N)cc3[nH]1)C2. The van der Waals surface area contributed by atoms with Gasteiger partial charge in [-0.15, -0.1) is 0 Å². The van der Waals surface area contributed by atoms with Crippen LogP contribution in [0.15, 0.2) is 12.1 Å². The molecule has 8 heteroatoms. The van der Waals surface area contributed by atoms with Crippen LogP contribution in [0.1, 0.15) is 58.8 Å². The molecule has 4 rings (SSSR count). The van der Waals surface area contributed by atoms with Crippen molar-refractivity contribution in [3.63, 3.8) is 0 Å². The molecule has 0 saturated carbocycles. The van der Waals surface area contributed by atoms with E-state index in [1.807, 2.05) is 34.6 Å². The number of fused-ring (bicyclic) bond motifs is 3. The number of H-pyrrole nitrogens is 1. The van der Waals surface area contributed by atoms with Crippen molar-refractivity contribution in [3.8, 4) is 6.07 Å². The second kappa shape index (κ2) is 9.56. The number of nitrogens with zero attached hydrogens (tertiary/aromatic N) is 4. The Bertz CT molecular complexity index is 959. The van der Waals surface area contributed by atoms with Gasteiger partial charge in [-0.3, -0.25) is 14.6 Å². The van der Waals surface area contributed by atoms with E-state index >= 15 is 0 Å². The summed E-state index contributed by atoms with van der Waals surface area (Å²) in [6, 6.07) is 6.36. The molecule has 2 unspecified atom stereocenters. The van der Waals surface area contributed by atoms with Crippen LogP contribution in [0.25, 0.3) is 11.0 Å². The summed E-state index contributed by atoms with van der Waals surface area (Å²) < 4.78 is 0. The third-order valence-electron chi connectivity index (χ3n) is 5.64. The lowest BCUT2D eigenvalue weighted by Crippen LogP contribution is -2.56. The van der Waals surface area contributed by atoms with Crippen molar-refractivity contribution in [2.24, 2.45) is 0 Å². The highest BCUT2D eigenvalue weighted by molar-refractivity contribution is 6.35. The third kappa shape index (κ3) is 5.57. The average Bonchev–Trinajstić information content (AvgIpc) is 3.19. The number of rotatable bonds is 4. The van der Waals surface area contributed by atoms with Gasteiger partial charge in [0.1, 0.15) is 11.3 Å². The molecule has 2 fully saturated rings. The van der Waals surface area contributed by atoms with Crippen LogP contribution in [0.5, 0.6) is 0 Å². The number of aromatic nitrogens is 2. The van der Waals surface area contributed by atoms with Crippen LogP contribution in [-0.4, -0.2) is 62.9 Å². The molecule has 168 valence electrons. The molecular formula is C23H33ClN6O. The predicted octanol–water partition coefficient (Wildman–Crippen LogP) is 3.68. The fourth-order valence-electron chi connectivity index (χ4n) is 4.57. The van der Waals surface area contributed by atoms with Gasteiger partial charge in [0.05, 0.1) is 35.3 Å². The Hall–Kier alpha value is -2.14. The van der Waals surface area contributed by atoms with Crippen LogP contribution in [0.4, 0.5) is 0 Å². The van der Waals surface area contributed by atoms with Crippen molar-refractivity contribution in [2.45, 2.75) is 71.6 Å². The fraction of sp³-hybridized carbons (Fsp3) is 0.609. The Morgan fingerprint density at radius 2 is 1.94 bits per heavy atom. The van der Waals surface area contributed by atoms with E-state index in [-0.39, 0.29) is 11.4 Å². The Morgan fingerprint density at radius 3 is 2.52 bits per heavy atom. The lowest BCUT2D eigenvalue weighted by Gasteiger charge is -2.40. The van der Waals surface area contributed by atoms with E-state index in [0.29, 0.717) is 41.3 Å². The first-order chi connectivity index (χ1) is 14.7. The van der Waals surface area contributed by atoms with Gasteiger partial charge < -0.3 is 10.3 Å². The minimum atomic E-state index is -0.202. The number of likely N-dealkylation sites (tertiary alicyclic amines) is 1. The minimum Gasteiger partial charge on any atom is -0.350 e. The molecule has 2 bridgehead atoms. The van der Waals surface area contributed by atoms with Gasteiger partial charge in [-0.1, -0.05) is 25.4 Å². The van der Waals surface area contributed by atoms with Crippen LogP contribution in [0, 0.1) is 11.3 Å². The van der Waals surface area contributed by atoms with Gasteiger partial charge in [0.15, 0.2) is 0 Å². The van der Waals surface area contributed by atoms with Crippen molar-refractivity contribution < 1.29 is 4.79 Å². The molecule has 0 spiro atoms.